The van der Waals surface area contributed by atoms with Gasteiger partial charge in [-0.05, 0) is 54.8 Å². The zero-order chi connectivity index (χ0) is 14.5. The monoisotopic (exact) mass is 292 g/mol. The molecule has 1 unspecified atom stereocenters. The van der Waals surface area contributed by atoms with E-state index in [0.29, 0.717) is 0 Å². The largest absolute Gasteiger partial charge is 0.306 e. The Morgan fingerprint density at radius 2 is 2.15 bits per heavy atom. The van der Waals surface area contributed by atoms with Gasteiger partial charge >= 0.3 is 0 Å². The van der Waals surface area contributed by atoms with E-state index in [2.05, 4.69) is 17.2 Å². The minimum Gasteiger partial charge on any atom is -0.306 e. The van der Waals surface area contributed by atoms with Crippen molar-refractivity contribution in [2.45, 2.75) is 26.3 Å². The lowest BCUT2D eigenvalue weighted by atomic mass is 9.96. The van der Waals surface area contributed by atoms with Crippen LogP contribution in [0.5, 0.6) is 0 Å². The zero-order valence-electron chi connectivity index (χ0n) is 11.7. The molecule has 0 bridgehead atoms. The van der Waals surface area contributed by atoms with Crippen molar-refractivity contribution >= 4 is 11.6 Å². The normalized spacial score (nSPS) is 12.4. The van der Waals surface area contributed by atoms with E-state index in [0.717, 1.165) is 29.7 Å². The summed E-state index contributed by atoms with van der Waals surface area (Å²) in [6.07, 6.45) is 4.64. The second-order valence-electron chi connectivity index (χ2n) is 4.79. The van der Waals surface area contributed by atoms with Crippen molar-refractivity contribution in [3.8, 4) is 0 Å². The van der Waals surface area contributed by atoms with E-state index in [1.54, 1.807) is 18.3 Å². The van der Waals surface area contributed by atoms with E-state index in [-0.39, 0.29) is 11.1 Å². The quantitative estimate of drug-likeness (QED) is 0.890. The molecule has 1 atom stereocenters. The zero-order valence-corrected chi connectivity index (χ0v) is 12.4. The van der Waals surface area contributed by atoms with Gasteiger partial charge in [0, 0.05) is 12.4 Å². The minimum absolute atomic E-state index is 0.0262. The number of nitrogens with one attached hydrogen (secondary N) is 1. The Balaban J connectivity index is 2.41. The Kier molecular flexibility index (Phi) is 5.10. The van der Waals surface area contributed by atoms with Crippen molar-refractivity contribution in [3.05, 3.63) is 64.2 Å². The number of halogens is 2. The molecule has 1 aromatic carbocycles. The van der Waals surface area contributed by atoms with E-state index >= 15 is 0 Å². The van der Waals surface area contributed by atoms with Crippen LogP contribution in [0.1, 0.15) is 36.1 Å². The first-order valence-corrected chi connectivity index (χ1v) is 7.10. The maximum absolute atomic E-state index is 13.3. The van der Waals surface area contributed by atoms with Crippen molar-refractivity contribution in [1.29, 1.82) is 0 Å². The molecule has 0 spiro atoms. The fourth-order valence-corrected chi connectivity index (χ4v) is 2.36. The lowest BCUT2D eigenvalue weighted by Gasteiger charge is -2.21. The number of nitrogens with zero attached hydrogens (tertiary/aromatic N) is 1. The molecular weight excluding hydrogens is 275 g/mol. The number of pyridine rings is 1. The van der Waals surface area contributed by atoms with Gasteiger partial charge in [-0.1, -0.05) is 24.6 Å². The Hall–Kier alpha value is -1.45. The summed E-state index contributed by atoms with van der Waals surface area (Å²) in [6.45, 7) is 5.02. The van der Waals surface area contributed by atoms with Crippen LogP contribution in [0.4, 0.5) is 4.39 Å². The molecule has 2 aromatic rings. The molecule has 1 N–H and O–H groups in total. The molecule has 4 heteroatoms. The van der Waals surface area contributed by atoms with Crippen molar-refractivity contribution < 1.29 is 4.39 Å². The van der Waals surface area contributed by atoms with Gasteiger partial charge in [-0.3, -0.25) is 4.98 Å². The van der Waals surface area contributed by atoms with E-state index in [1.807, 2.05) is 19.2 Å². The molecular formula is C16H18ClFN2. The highest BCUT2D eigenvalue weighted by Crippen LogP contribution is 2.27. The predicted molar refractivity (Wildman–Crippen MR) is 80.5 cm³/mol. The lowest BCUT2D eigenvalue weighted by molar-refractivity contribution is 0.590. The van der Waals surface area contributed by atoms with Crippen LogP contribution >= 0.6 is 11.6 Å². The summed E-state index contributed by atoms with van der Waals surface area (Å²) in [6, 6.07) is 6.80. The third-order valence-electron chi connectivity index (χ3n) is 3.27. The highest BCUT2D eigenvalue weighted by atomic mass is 35.5. The molecule has 2 nitrogen and oxygen atoms in total. The number of hydrogen-bond donors (Lipinski definition) is 1. The van der Waals surface area contributed by atoms with Crippen molar-refractivity contribution in [2.75, 3.05) is 6.54 Å². The number of benzene rings is 1. The van der Waals surface area contributed by atoms with Gasteiger partial charge in [0.25, 0.3) is 0 Å². The van der Waals surface area contributed by atoms with Gasteiger partial charge in [0.15, 0.2) is 0 Å². The maximum Gasteiger partial charge on any atom is 0.141 e. The van der Waals surface area contributed by atoms with Crippen molar-refractivity contribution in [1.82, 2.24) is 10.3 Å². The molecule has 1 heterocycles. The van der Waals surface area contributed by atoms with Gasteiger partial charge in [0.05, 0.1) is 11.1 Å². The average molecular weight is 293 g/mol. The summed E-state index contributed by atoms with van der Waals surface area (Å²) in [4.78, 5) is 4.19. The summed E-state index contributed by atoms with van der Waals surface area (Å²) in [5.41, 5.74) is 3.18. The smallest absolute Gasteiger partial charge is 0.141 e. The molecule has 0 saturated carbocycles. The molecule has 0 amide bonds. The number of hydrogen-bond acceptors (Lipinski definition) is 2. The minimum atomic E-state index is -0.396. The van der Waals surface area contributed by atoms with Crippen LogP contribution in [-0.4, -0.2) is 11.5 Å². The first kappa shape index (κ1) is 14.9. The van der Waals surface area contributed by atoms with Gasteiger partial charge in [-0.25, -0.2) is 4.39 Å². The van der Waals surface area contributed by atoms with E-state index in [4.69, 9.17) is 11.6 Å². The Morgan fingerprint density at radius 3 is 2.80 bits per heavy atom. The molecule has 0 radical (unpaired) electrons. The second kappa shape index (κ2) is 6.82. The SMILES string of the molecule is CCCNC(c1ccc(F)c(Cl)c1)c1cnccc1C. The second-order valence-corrected chi connectivity index (χ2v) is 5.20. The first-order chi connectivity index (χ1) is 9.63. The predicted octanol–water partition coefficient (Wildman–Crippen LogP) is 4.27. The third kappa shape index (κ3) is 3.35. The average Bonchev–Trinajstić information content (AvgIpc) is 2.44. The molecule has 2 rings (SSSR count). The topological polar surface area (TPSA) is 24.9 Å². The van der Waals surface area contributed by atoms with E-state index < -0.39 is 5.82 Å². The van der Waals surface area contributed by atoms with Gasteiger partial charge in [0.1, 0.15) is 5.82 Å². The highest BCUT2D eigenvalue weighted by molar-refractivity contribution is 6.30. The summed E-state index contributed by atoms with van der Waals surface area (Å²) in [5.74, 6) is -0.396. The Bertz CT molecular complexity index is 586. The summed E-state index contributed by atoms with van der Waals surface area (Å²) in [7, 11) is 0. The number of aromatic nitrogens is 1. The molecule has 20 heavy (non-hydrogen) atoms. The summed E-state index contributed by atoms with van der Waals surface area (Å²) < 4.78 is 13.3. The molecule has 106 valence electrons. The van der Waals surface area contributed by atoms with Crippen LogP contribution in [-0.2, 0) is 0 Å². The van der Waals surface area contributed by atoms with Crippen molar-refractivity contribution in [2.24, 2.45) is 0 Å². The number of aryl methyl sites for hydroxylation is 1. The van der Waals surface area contributed by atoms with E-state index in [9.17, 15) is 4.39 Å². The van der Waals surface area contributed by atoms with Crippen LogP contribution < -0.4 is 5.32 Å². The third-order valence-corrected chi connectivity index (χ3v) is 3.56. The van der Waals surface area contributed by atoms with Crippen LogP contribution in [0.3, 0.4) is 0 Å². The first-order valence-electron chi connectivity index (χ1n) is 6.72. The van der Waals surface area contributed by atoms with Crippen LogP contribution in [0, 0.1) is 12.7 Å². The van der Waals surface area contributed by atoms with Crippen LogP contribution in [0.15, 0.2) is 36.7 Å². The molecule has 0 aliphatic carbocycles. The summed E-state index contributed by atoms with van der Waals surface area (Å²) in [5, 5.41) is 3.61. The fourth-order valence-electron chi connectivity index (χ4n) is 2.17. The van der Waals surface area contributed by atoms with Crippen LogP contribution in [0.25, 0.3) is 0 Å². The maximum atomic E-state index is 13.3. The van der Waals surface area contributed by atoms with Crippen molar-refractivity contribution in [3.63, 3.8) is 0 Å². The molecule has 0 fully saturated rings. The van der Waals surface area contributed by atoms with Gasteiger partial charge in [-0.15, -0.1) is 0 Å². The Labute approximate surface area is 124 Å². The lowest BCUT2D eigenvalue weighted by Crippen LogP contribution is -2.24. The molecule has 0 aliphatic heterocycles. The van der Waals surface area contributed by atoms with Gasteiger partial charge in [0.2, 0.25) is 0 Å². The van der Waals surface area contributed by atoms with Gasteiger partial charge < -0.3 is 5.32 Å². The Morgan fingerprint density at radius 1 is 1.35 bits per heavy atom. The molecule has 1 aromatic heterocycles. The molecule has 0 aliphatic rings. The standard InChI is InChI=1S/C16H18ClFN2/c1-3-7-20-16(13-10-19-8-6-11(13)2)12-4-5-15(18)14(17)9-12/h4-6,8-10,16,20H,3,7H2,1-2H3. The fraction of sp³-hybridized carbons (Fsp3) is 0.312. The van der Waals surface area contributed by atoms with Gasteiger partial charge in [-0.2, -0.15) is 0 Å². The van der Waals surface area contributed by atoms with E-state index in [1.165, 1.54) is 6.07 Å². The number of rotatable bonds is 5. The van der Waals surface area contributed by atoms with Crippen LogP contribution in [0.2, 0.25) is 5.02 Å². The molecule has 0 saturated heterocycles. The highest BCUT2D eigenvalue weighted by Gasteiger charge is 2.16. The summed E-state index contributed by atoms with van der Waals surface area (Å²) >= 11 is 5.90.